The fraction of sp³-hybridized carbons (Fsp3) is 0.385. The van der Waals surface area contributed by atoms with Crippen molar-refractivity contribution in [1.29, 1.82) is 0 Å². The quantitative estimate of drug-likeness (QED) is 0.384. The van der Waals surface area contributed by atoms with Crippen LogP contribution in [0.1, 0.15) is 31.0 Å². The van der Waals surface area contributed by atoms with E-state index >= 15 is 0 Å². The molecule has 1 atom stereocenters. The fourth-order valence-corrected chi connectivity index (χ4v) is 4.40. The number of hydrogen-bond acceptors (Lipinski definition) is 6. The maximum atomic E-state index is 13.1. The third kappa shape index (κ3) is 5.10. The van der Waals surface area contributed by atoms with Gasteiger partial charge in [0, 0.05) is 44.8 Å². The van der Waals surface area contributed by atoms with Gasteiger partial charge in [-0.2, -0.15) is 0 Å². The number of aliphatic hydroxyl groups is 1. The van der Waals surface area contributed by atoms with Crippen molar-refractivity contribution in [2.24, 2.45) is 0 Å². The highest BCUT2D eigenvalue weighted by Gasteiger charge is 2.45. The lowest BCUT2D eigenvalue weighted by molar-refractivity contribution is -0.140. The number of piperazine rings is 1. The molecule has 0 saturated carbocycles. The topological polar surface area (TPSA) is 82.1 Å². The number of rotatable bonds is 7. The van der Waals surface area contributed by atoms with E-state index in [4.69, 9.17) is 4.74 Å². The molecule has 2 heterocycles. The number of benzene rings is 2. The first-order valence-corrected chi connectivity index (χ1v) is 11.5. The molecule has 2 saturated heterocycles. The Kier molecular flexibility index (Phi) is 7.11. The second kappa shape index (κ2) is 10.2. The van der Waals surface area contributed by atoms with Crippen LogP contribution in [0.2, 0.25) is 0 Å². The molecule has 33 heavy (non-hydrogen) atoms. The molecular formula is C26H31N3O4. The third-order valence-electron chi connectivity index (χ3n) is 6.02. The van der Waals surface area contributed by atoms with Crippen LogP contribution in [0.5, 0.6) is 5.75 Å². The summed E-state index contributed by atoms with van der Waals surface area (Å²) in [6.07, 6.45) is 0.0311. The van der Waals surface area contributed by atoms with Gasteiger partial charge in [-0.25, -0.2) is 0 Å². The van der Waals surface area contributed by atoms with E-state index in [2.05, 4.69) is 10.2 Å². The lowest BCUT2D eigenvalue weighted by Gasteiger charge is -2.31. The highest BCUT2D eigenvalue weighted by molar-refractivity contribution is 6.46. The zero-order valence-electron chi connectivity index (χ0n) is 19.2. The van der Waals surface area contributed by atoms with Crippen molar-refractivity contribution < 1.29 is 19.4 Å². The maximum absolute atomic E-state index is 13.1. The van der Waals surface area contributed by atoms with Crippen LogP contribution in [0.4, 0.5) is 0 Å². The lowest BCUT2D eigenvalue weighted by Crippen LogP contribution is -2.46. The van der Waals surface area contributed by atoms with Crippen LogP contribution in [0.3, 0.4) is 0 Å². The molecule has 2 aromatic rings. The van der Waals surface area contributed by atoms with E-state index in [0.29, 0.717) is 24.4 Å². The van der Waals surface area contributed by atoms with Gasteiger partial charge in [-0.1, -0.05) is 30.3 Å². The van der Waals surface area contributed by atoms with Gasteiger partial charge in [0.2, 0.25) is 0 Å². The van der Waals surface area contributed by atoms with Crippen molar-refractivity contribution in [2.45, 2.75) is 26.0 Å². The maximum Gasteiger partial charge on any atom is 0.295 e. The van der Waals surface area contributed by atoms with E-state index in [0.717, 1.165) is 31.7 Å². The summed E-state index contributed by atoms with van der Waals surface area (Å²) < 4.78 is 5.67. The van der Waals surface area contributed by atoms with Gasteiger partial charge in [0.15, 0.2) is 0 Å². The zero-order valence-corrected chi connectivity index (χ0v) is 19.2. The Morgan fingerprint density at radius 2 is 1.70 bits per heavy atom. The van der Waals surface area contributed by atoms with E-state index in [1.165, 1.54) is 0 Å². The molecule has 174 valence electrons. The first-order chi connectivity index (χ1) is 16.0. The zero-order chi connectivity index (χ0) is 23.4. The standard InChI is InChI=1S/C26H31N3O4/c1-18(2)33-21-10-8-20(9-11-21)24(30)22-23(19-6-4-3-5-7-19)29(26(32)25(22)31)17-16-28-14-12-27-13-15-28/h3-11,18,23,27,30H,12-17H2,1-2H3/t23-/m1/s1. The van der Waals surface area contributed by atoms with Crippen LogP contribution in [-0.4, -0.2) is 72.0 Å². The number of amides is 1. The van der Waals surface area contributed by atoms with Gasteiger partial charge in [0.1, 0.15) is 11.5 Å². The van der Waals surface area contributed by atoms with Gasteiger partial charge in [-0.3, -0.25) is 14.5 Å². The molecule has 0 bridgehead atoms. The van der Waals surface area contributed by atoms with Crippen molar-refractivity contribution in [1.82, 2.24) is 15.1 Å². The first kappa shape index (κ1) is 23.0. The van der Waals surface area contributed by atoms with Gasteiger partial charge >= 0.3 is 0 Å². The van der Waals surface area contributed by atoms with E-state index < -0.39 is 17.7 Å². The summed E-state index contributed by atoms with van der Waals surface area (Å²) in [6.45, 7) is 8.62. The summed E-state index contributed by atoms with van der Waals surface area (Å²) in [5, 5.41) is 14.5. The Labute approximate surface area is 194 Å². The van der Waals surface area contributed by atoms with Gasteiger partial charge in [-0.15, -0.1) is 0 Å². The molecule has 7 heteroatoms. The smallest absolute Gasteiger partial charge is 0.295 e. The minimum absolute atomic E-state index is 0.0311. The Hall–Kier alpha value is -3.16. The van der Waals surface area contributed by atoms with Crippen LogP contribution in [0, 0.1) is 0 Å². The number of carbonyl (C=O) groups is 2. The van der Waals surface area contributed by atoms with Crippen LogP contribution >= 0.6 is 0 Å². The van der Waals surface area contributed by atoms with Gasteiger partial charge < -0.3 is 20.1 Å². The lowest BCUT2D eigenvalue weighted by atomic mass is 9.95. The number of aliphatic hydroxyl groups excluding tert-OH is 1. The van der Waals surface area contributed by atoms with E-state index in [9.17, 15) is 14.7 Å². The first-order valence-electron chi connectivity index (χ1n) is 11.5. The Morgan fingerprint density at radius 1 is 1.03 bits per heavy atom. The van der Waals surface area contributed by atoms with Crippen LogP contribution in [0.15, 0.2) is 60.2 Å². The molecule has 4 rings (SSSR count). The molecule has 0 spiro atoms. The van der Waals surface area contributed by atoms with E-state index in [-0.39, 0.29) is 17.4 Å². The SMILES string of the molecule is CC(C)Oc1ccc(C(O)=C2C(=O)C(=O)N(CCN3CCNCC3)[C@@H]2c2ccccc2)cc1. The molecule has 2 aromatic carbocycles. The van der Waals surface area contributed by atoms with Crippen molar-refractivity contribution in [3.05, 3.63) is 71.3 Å². The molecule has 0 aromatic heterocycles. The van der Waals surface area contributed by atoms with Crippen molar-refractivity contribution in [3.63, 3.8) is 0 Å². The summed E-state index contributed by atoms with van der Waals surface area (Å²) in [5.74, 6) is -0.704. The molecule has 0 aliphatic carbocycles. The highest BCUT2D eigenvalue weighted by Crippen LogP contribution is 2.39. The van der Waals surface area contributed by atoms with Crippen LogP contribution < -0.4 is 10.1 Å². The largest absolute Gasteiger partial charge is 0.507 e. The minimum atomic E-state index is -0.649. The average molecular weight is 450 g/mol. The molecule has 7 nitrogen and oxygen atoms in total. The van der Waals surface area contributed by atoms with Crippen LogP contribution in [-0.2, 0) is 9.59 Å². The number of nitrogens with one attached hydrogen (secondary N) is 1. The van der Waals surface area contributed by atoms with Crippen molar-refractivity contribution in [2.75, 3.05) is 39.3 Å². The summed E-state index contributed by atoms with van der Waals surface area (Å²) >= 11 is 0. The molecule has 2 aliphatic rings. The molecule has 2 fully saturated rings. The number of nitrogens with zero attached hydrogens (tertiary/aromatic N) is 2. The number of likely N-dealkylation sites (tertiary alicyclic amines) is 1. The normalized spacial score (nSPS) is 21.1. The number of ketones is 1. The molecule has 2 aliphatic heterocycles. The molecule has 2 N–H and O–H groups in total. The second-order valence-electron chi connectivity index (χ2n) is 8.69. The van der Waals surface area contributed by atoms with Crippen molar-refractivity contribution >= 4 is 17.4 Å². The van der Waals surface area contributed by atoms with Crippen LogP contribution in [0.25, 0.3) is 5.76 Å². The monoisotopic (exact) mass is 449 g/mol. The highest BCUT2D eigenvalue weighted by atomic mass is 16.5. The van der Waals surface area contributed by atoms with E-state index in [1.54, 1.807) is 29.2 Å². The van der Waals surface area contributed by atoms with Gasteiger partial charge in [0.25, 0.3) is 11.7 Å². The Bertz CT molecular complexity index is 1010. The fourth-order valence-electron chi connectivity index (χ4n) is 4.40. The molecular weight excluding hydrogens is 418 g/mol. The molecule has 0 unspecified atom stereocenters. The van der Waals surface area contributed by atoms with Gasteiger partial charge in [0.05, 0.1) is 17.7 Å². The summed E-state index contributed by atoms with van der Waals surface area (Å²) in [5.41, 5.74) is 1.41. The van der Waals surface area contributed by atoms with Crippen molar-refractivity contribution in [3.8, 4) is 5.75 Å². The molecule has 1 amide bonds. The Morgan fingerprint density at radius 3 is 2.33 bits per heavy atom. The number of Topliss-reactive ketones (excluding diaryl/α,β-unsaturated/α-hetero) is 1. The second-order valence-corrected chi connectivity index (χ2v) is 8.69. The average Bonchev–Trinajstić information content (AvgIpc) is 3.08. The Balaban J connectivity index is 1.67. The minimum Gasteiger partial charge on any atom is -0.507 e. The third-order valence-corrected chi connectivity index (χ3v) is 6.02. The summed E-state index contributed by atoms with van der Waals surface area (Å²) in [6, 6.07) is 15.7. The van der Waals surface area contributed by atoms with E-state index in [1.807, 2.05) is 44.2 Å². The summed E-state index contributed by atoms with van der Waals surface area (Å²) in [4.78, 5) is 30.1. The van der Waals surface area contributed by atoms with Gasteiger partial charge in [-0.05, 0) is 43.7 Å². The molecule has 0 radical (unpaired) electrons. The predicted octanol–water partition coefficient (Wildman–Crippen LogP) is 2.80. The number of ether oxygens (including phenoxy) is 1. The summed E-state index contributed by atoms with van der Waals surface area (Å²) in [7, 11) is 0. The number of hydrogen-bond donors (Lipinski definition) is 2. The predicted molar refractivity (Wildman–Crippen MR) is 127 cm³/mol. The number of carbonyl (C=O) groups excluding carboxylic acids is 2.